The van der Waals surface area contributed by atoms with Gasteiger partial charge in [0.25, 0.3) is 11.1 Å². The van der Waals surface area contributed by atoms with Crippen LogP contribution in [0.2, 0.25) is 0 Å². The van der Waals surface area contributed by atoms with Gasteiger partial charge in [-0.2, -0.15) is 0 Å². The molecule has 5 rings (SSSR count). The summed E-state index contributed by atoms with van der Waals surface area (Å²) in [4.78, 5) is 28.1. The molecule has 0 unspecified atom stereocenters. The number of aromatic hydroxyl groups is 2. The maximum atomic E-state index is 14.0. The quantitative estimate of drug-likeness (QED) is 0.361. The summed E-state index contributed by atoms with van der Waals surface area (Å²) in [6.45, 7) is 3.69. The first-order valence-electron chi connectivity index (χ1n) is 11.9. The van der Waals surface area contributed by atoms with Crippen LogP contribution >= 0.6 is 0 Å². The highest BCUT2D eigenvalue weighted by molar-refractivity contribution is 5.51. The van der Waals surface area contributed by atoms with Crippen LogP contribution < -0.4 is 11.1 Å². The Morgan fingerprint density at radius 1 is 0.622 bits per heavy atom. The third-order valence-corrected chi connectivity index (χ3v) is 7.11. The molecule has 0 radical (unpaired) electrons. The first kappa shape index (κ1) is 24.0. The van der Waals surface area contributed by atoms with E-state index in [1.165, 1.54) is 12.1 Å². The second kappa shape index (κ2) is 9.05. The van der Waals surface area contributed by atoms with Crippen LogP contribution in [0.5, 0.6) is 11.5 Å². The van der Waals surface area contributed by atoms with Gasteiger partial charge in [-0.1, -0.05) is 42.5 Å². The number of hydrogen-bond acceptors (Lipinski definition) is 4. The van der Waals surface area contributed by atoms with Crippen molar-refractivity contribution in [3.05, 3.63) is 128 Å². The second-order valence-corrected chi connectivity index (χ2v) is 9.13. The SMILES string of the molecule is Cc1c(C(c2ccc(O)c(O)c2)c2c(C)n(C)n(-c3ccccc3)c2=O)c(=O)n(-c2ccccc2)n1C. The van der Waals surface area contributed by atoms with Gasteiger partial charge in [0.1, 0.15) is 0 Å². The standard InChI is InChI=1S/C29H28N4O4/c1-18-25(28(36)32(30(18)3)21-11-7-5-8-12-21)27(20-15-16-23(34)24(35)17-20)26-19(2)31(4)33(29(26)37)22-13-9-6-10-14-22/h5-17,27,34-35H,1-4H3. The van der Waals surface area contributed by atoms with Crippen molar-refractivity contribution in [3.8, 4) is 22.9 Å². The van der Waals surface area contributed by atoms with Gasteiger partial charge in [-0.05, 0) is 55.8 Å². The van der Waals surface area contributed by atoms with Gasteiger partial charge < -0.3 is 10.2 Å². The zero-order valence-electron chi connectivity index (χ0n) is 21.1. The van der Waals surface area contributed by atoms with Gasteiger partial charge in [-0.25, -0.2) is 9.36 Å². The Morgan fingerprint density at radius 2 is 1.05 bits per heavy atom. The maximum Gasteiger partial charge on any atom is 0.275 e. The molecule has 0 bridgehead atoms. The monoisotopic (exact) mass is 496 g/mol. The van der Waals surface area contributed by atoms with E-state index in [1.807, 2.05) is 74.5 Å². The molecule has 0 aliphatic rings. The number of benzene rings is 3. The molecule has 0 fully saturated rings. The highest BCUT2D eigenvalue weighted by Gasteiger charge is 2.33. The van der Waals surface area contributed by atoms with Crippen LogP contribution in [0.25, 0.3) is 11.4 Å². The molecule has 2 N–H and O–H groups in total. The maximum absolute atomic E-state index is 14.0. The zero-order valence-corrected chi connectivity index (χ0v) is 21.1. The Hall–Kier alpha value is -4.72. The molecule has 8 heteroatoms. The topological polar surface area (TPSA) is 94.3 Å². The van der Waals surface area contributed by atoms with E-state index in [0.29, 0.717) is 39.5 Å². The van der Waals surface area contributed by atoms with Crippen molar-refractivity contribution in [2.24, 2.45) is 14.1 Å². The number of phenols is 2. The van der Waals surface area contributed by atoms with Gasteiger partial charge in [0.2, 0.25) is 0 Å². The largest absolute Gasteiger partial charge is 0.504 e. The van der Waals surface area contributed by atoms with E-state index in [0.717, 1.165) is 0 Å². The van der Waals surface area contributed by atoms with E-state index >= 15 is 0 Å². The predicted molar refractivity (Wildman–Crippen MR) is 142 cm³/mol. The highest BCUT2D eigenvalue weighted by Crippen LogP contribution is 2.37. The van der Waals surface area contributed by atoms with Crippen molar-refractivity contribution in [2.75, 3.05) is 0 Å². The summed E-state index contributed by atoms with van der Waals surface area (Å²) >= 11 is 0. The van der Waals surface area contributed by atoms with Crippen LogP contribution in [0.4, 0.5) is 0 Å². The van der Waals surface area contributed by atoms with E-state index in [1.54, 1.807) is 38.9 Å². The van der Waals surface area contributed by atoms with Gasteiger partial charge >= 0.3 is 0 Å². The molecule has 0 atom stereocenters. The molecule has 0 aliphatic heterocycles. The van der Waals surface area contributed by atoms with Crippen LogP contribution in [0.15, 0.2) is 88.5 Å². The third kappa shape index (κ3) is 3.78. The van der Waals surface area contributed by atoms with Crippen molar-refractivity contribution in [1.82, 2.24) is 18.7 Å². The Kier molecular flexibility index (Phi) is 5.87. The number of phenolic OH excluding ortho intramolecular Hbond substituents is 2. The molecule has 0 saturated carbocycles. The molecule has 0 spiro atoms. The molecule has 2 heterocycles. The summed E-state index contributed by atoms with van der Waals surface area (Å²) in [5.41, 5.74) is 3.58. The summed E-state index contributed by atoms with van der Waals surface area (Å²) in [5, 5.41) is 20.4. The van der Waals surface area contributed by atoms with Gasteiger partial charge in [0, 0.05) is 31.4 Å². The van der Waals surface area contributed by atoms with Crippen LogP contribution in [0.1, 0.15) is 34.0 Å². The molecule has 8 nitrogen and oxygen atoms in total. The minimum absolute atomic E-state index is 0.266. The van der Waals surface area contributed by atoms with E-state index in [2.05, 4.69) is 0 Å². The summed E-state index contributed by atoms with van der Waals surface area (Å²) < 4.78 is 6.69. The average Bonchev–Trinajstić information content (AvgIpc) is 3.25. The number of aromatic nitrogens is 4. The normalized spacial score (nSPS) is 11.4. The fourth-order valence-corrected chi connectivity index (χ4v) is 5.04. The average molecular weight is 497 g/mol. The Morgan fingerprint density at radius 3 is 1.46 bits per heavy atom. The fraction of sp³-hybridized carbons (Fsp3) is 0.172. The van der Waals surface area contributed by atoms with Gasteiger partial charge in [0.05, 0.1) is 22.5 Å². The molecular weight excluding hydrogens is 468 g/mol. The molecule has 3 aromatic carbocycles. The fourth-order valence-electron chi connectivity index (χ4n) is 5.04. The molecule has 0 aliphatic carbocycles. The molecule has 188 valence electrons. The number of hydrogen-bond donors (Lipinski definition) is 2. The van der Waals surface area contributed by atoms with Crippen LogP contribution in [0, 0.1) is 13.8 Å². The lowest BCUT2D eigenvalue weighted by Gasteiger charge is -2.17. The zero-order chi connectivity index (χ0) is 26.4. The lowest BCUT2D eigenvalue weighted by Crippen LogP contribution is -2.26. The first-order valence-corrected chi connectivity index (χ1v) is 11.9. The molecule has 2 aromatic heterocycles. The second-order valence-electron chi connectivity index (χ2n) is 9.13. The molecule has 5 aromatic rings. The summed E-state index contributed by atoms with van der Waals surface area (Å²) in [5.74, 6) is -1.39. The molecule has 37 heavy (non-hydrogen) atoms. The minimum atomic E-state index is -0.793. The predicted octanol–water partition coefficient (Wildman–Crippen LogP) is 3.87. The van der Waals surface area contributed by atoms with Crippen molar-refractivity contribution in [3.63, 3.8) is 0 Å². The van der Waals surface area contributed by atoms with Crippen molar-refractivity contribution in [1.29, 1.82) is 0 Å². The van der Waals surface area contributed by atoms with Crippen molar-refractivity contribution in [2.45, 2.75) is 19.8 Å². The Balaban J connectivity index is 1.86. The van der Waals surface area contributed by atoms with E-state index in [4.69, 9.17) is 0 Å². The van der Waals surface area contributed by atoms with E-state index < -0.39 is 5.92 Å². The number of rotatable bonds is 5. The highest BCUT2D eigenvalue weighted by atomic mass is 16.3. The first-order chi connectivity index (χ1) is 17.7. The number of para-hydroxylation sites is 2. The lowest BCUT2D eigenvalue weighted by atomic mass is 9.85. The van der Waals surface area contributed by atoms with Gasteiger partial charge in [-0.15, -0.1) is 0 Å². The lowest BCUT2D eigenvalue weighted by molar-refractivity contribution is 0.403. The minimum Gasteiger partial charge on any atom is -0.504 e. The van der Waals surface area contributed by atoms with E-state index in [-0.39, 0.29) is 22.6 Å². The Bertz CT molecular complexity index is 1620. The van der Waals surface area contributed by atoms with Gasteiger partial charge in [0.15, 0.2) is 11.5 Å². The smallest absolute Gasteiger partial charge is 0.275 e. The van der Waals surface area contributed by atoms with Gasteiger partial charge in [-0.3, -0.25) is 19.0 Å². The summed E-state index contributed by atoms with van der Waals surface area (Å²) in [6.07, 6.45) is 0. The van der Waals surface area contributed by atoms with Crippen LogP contribution in [0.3, 0.4) is 0 Å². The number of nitrogens with zero attached hydrogens (tertiary/aromatic N) is 4. The van der Waals surface area contributed by atoms with Crippen LogP contribution in [-0.2, 0) is 14.1 Å². The van der Waals surface area contributed by atoms with Crippen molar-refractivity contribution < 1.29 is 10.2 Å². The Labute approximate surface area is 213 Å². The van der Waals surface area contributed by atoms with E-state index in [9.17, 15) is 19.8 Å². The van der Waals surface area contributed by atoms with Crippen LogP contribution in [-0.4, -0.2) is 28.9 Å². The summed E-state index contributed by atoms with van der Waals surface area (Å²) in [6, 6.07) is 23.0. The summed E-state index contributed by atoms with van der Waals surface area (Å²) in [7, 11) is 3.61. The molecule has 0 amide bonds. The third-order valence-electron chi connectivity index (χ3n) is 7.11. The van der Waals surface area contributed by atoms with Crippen molar-refractivity contribution >= 4 is 0 Å². The molecular formula is C29H28N4O4. The molecule has 0 saturated heterocycles.